The maximum Gasteiger partial charge on any atom is 0.250 e. The van der Waals surface area contributed by atoms with Gasteiger partial charge >= 0.3 is 0 Å². The largest absolute Gasteiger partial charge is 0.250 e. The summed E-state index contributed by atoms with van der Waals surface area (Å²) in [6.07, 6.45) is 4.19. The number of sulfonamides is 1. The molecule has 2 saturated carbocycles. The molecule has 0 radical (unpaired) electrons. The zero-order chi connectivity index (χ0) is 13.7. The van der Waals surface area contributed by atoms with E-state index in [0.717, 1.165) is 19.3 Å². The number of hydrogen-bond acceptors (Lipinski definition) is 2. The van der Waals surface area contributed by atoms with Crippen LogP contribution < -0.4 is 0 Å². The molecule has 6 heteroatoms. The van der Waals surface area contributed by atoms with Crippen LogP contribution in [0.25, 0.3) is 0 Å². The van der Waals surface area contributed by atoms with Gasteiger partial charge in [0.1, 0.15) is 0 Å². The van der Waals surface area contributed by atoms with Gasteiger partial charge in [-0.1, -0.05) is 0 Å². The third-order valence-electron chi connectivity index (χ3n) is 5.08. The molecular weight excluding hydrogens is 272 g/mol. The number of halogens is 2. The lowest BCUT2D eigenvalue weighted by atomic mass is 10.0. The molecule has 3 aliphatic rings. The van der Waals surface area contributed by atoms with Crippen molar-refractivity contribution in [3.63, 3.8) is 0 Å². The van der Waals surface area contributed by atoms with Crippen molar-refractivity contribution in [1.82, 2.24) is 4.31 Å². The van der Waals surface area contributed by atoms with Gasteiger partial charge in [-0.2, -0.15) is 4.31 Å². The average Bonchev–Trinajstić information content (AvgIpc) is 2.83. The average molecular weight is 293 g/mol. The molecule has 3 rings (SSSR count). The molecule has 0 aromatic carbocycles. The molecule has 0 aromatic rings. The van der Waals surface area contributed by atoms with Crippen LogP contribution in [0, 0.1) is 11.8 Å². The first-order valence-electron chi connectivity index (χ1n) is 7.26. The molecule has 1 unspecified atom stereocenters. The predicted octanol–water partition coefficient (Wildman–Crippen LogP) is 2.63. The van der Waals surface area contributed by atoms with E-state index in [2.05, 4.69) is 0 Å². The molecule has 1 aliphatic heterocycles. The Hall–Kier alpha value is -0.230. The zero-order valence-electron chi connectivity index (χ0n) is 11.0. The predicted molar refractivity (Wildman–Crippen MR) is 68.5 cm³/mol. The minimum Gasteiger partial charge on any atom is -0.212 e. The molecule has 3 atom stereocenters. The maximum atomic E-state index is 13.6. The first-order chi connectivity index (χ1) is 8.88. The summed E-state index contributed by atoms with van der Waals surface area (Å²) >= 11 is 0. The summed E-state index contributed by atoms with van der Waals surface area (Å²) in [7, 11) is -3.20. The molecule has 0 spiro atoms. The SMILES string of the molecule is O=S1(=O)C[C@H]2CC[C@H](C2)N1CCC1CCCC1(F)F. The van der Waals surface area contributed by atoms with Gasteiger partial charge < -0.3 is 0 Å². The number of rotatable bonds is 3. The minimum absolute atomic E-state index is 0.0318. The molecule has 0 aromatic heterocycles. The monoisotopic (exact) mass is 293 g/mol. The Labute approximate surface area is 113 Å². The van der Waals surface area contributed by atoms with Crippen LogP contribution in [0.15, 0.2) is 0 Å². The van der Waals surface area contributed by atoms with E-state index in [1.165, 1.54) is 4.31 Å². The van der Waals surface area contributed by atoms with Crippen molar-refractivity contribution >= 4 is 10.0 Å². The smallest absolute Gasteiger partial charge is 0.212 e. The van der Waals surface area contributed by atoms with Crippen molar-refractivity contribution in [3.8, 4) is 0 Å². The summed E-state index contributed by atoms with van der Waals surface area (Å²) in [4.78, 5) is 0. The third-order valence-corrected chi connectivity index (χ3v) is 7.17. The molecule has 0 N–H and O–H groups in total. The van der Waals surface area contributed by atoms with Crippen molar-refractivity contribution in [2.75, 3.05) is 12.3 Å². The molecule has 1 saturated heterocycles. The lowest BCUT2D eigenvalue weighted by Crippen LogP contribution is -2.45. The van der Waals surface area contributed by atoms with Crippen LogP contribution in [0.1, 0.15) is 44.9 Å². The van der Waals surface area contributed by atoms with Crippen LogP contribution in [0.2, 0.25) is 0 Å². The van der Waals surface area contributed by atoms with Crippen molar-refractivity contribution in [2.24, 2.45) is 11.8 Å². The van der Waals surface area contributed by atoms with Gasteiger partial charge in [-0.3, -0.25) is 0 Å². The van der Waals surface area contributed by atoms with E-state index in [-0.39, 0.29) is 18.2 Å². The Balaban J connectivity index is 1.66. The highest BCUT2D eigenvalue weighted by atomic mass is 32.2. The van der Waals surface area contributed by atoms with Gasteiger partial charge in [0.05, 0.1) is 5.75 Å². The summed E-state index contributed by atoms with van der Waals surface area (Å²) in [5.74, 6) is -2.68. The second-order valence-corrected chi connectivity index (χ2v) is 8.33. The lowest BCUT2D eigenvalue weighted by molar-refractivity contribution is -0.0409. The second-order valence-electron chi connectivity index (χ2n) is 6.36. The number of hydrogen-bond donors (Lipinski definition) is 0. The molecule has 19 heavy (non-hydrogen) atoms. The summed E-state index contributed by atoms with van der Waals surface area (Å²) in [5.41, 5.74) is 0. The number of nitrogens with zero attached hydrogens (tertiary/aromatic N) is 1. The highest BCUT2D eigenvalue weighted by Gasteiger charge is 2.46. The topological polar surface area (TPSA) is 37.4 Å². The van der Waals surface area contributed by atoms with Crippen LogP contribution >= 0.6 is 0 Å². The van der Waals surface area contributed by atoms with E-state index in [0.29, 0.717) is 31.7 Å². The van der Waals surface area contributed by atoms with Crippen LogP contribution in [0.4, 0.5) is 8.78 Å². The number of fused-ring (bicyclic) bond motifs is 2. The normalized spacial score (nSPS) is 40.6. The van der Waals surface area contributed by atoms with Gasteiger partial charge in [-0.15, -0.1) is 0 Å². The fourth-order valence-electron chi connectivity index (χ4n) is 4.04. The van der Waals surface area contributed by atoms with Gasteiger partial charge in [0.15, 0.2) is 0 Å². The Morgan fingerprint density at radius 3 is 2.68 bits per heavy atom. The second kappa shape index (κ2) is 4.65. The number of alkyl halides is 2. The highest BCUT2D eigenvalue weighted by Crippen LogP contribution is 2.43. The minimum atomic E-state index is -3.20. The highest BCUT2D eigenvalue weighted by molar-refractivity contribution is 7.89. The van der Waals surface area contributed by atoms with E-state index in [1.807, 2.05) is 0 Å². The third kappa shape index (κ3) is 2.53. The van der Waals surface area contributed by atoms with E-state index < -0.39 is 21.9 Å². The Morgan fingerprint density at radius 1 is 1.21 bits per heavy atom. The molecule has 3 nitrogen and oxygen atoms in total. The fourth-order valence-corrected chi connectivity index (χ4v) is 6.16. The van der Waals surface area contributed by atoms with E-state index in [9.17, 15) is 17.2 Å². The van der Waals surface area contributed by atoms with Gasteiger partial charge in [0.25, 0.3) is 5.92 Å². The Bertz CT molecular complexity index is 452. The van der Waals surface area contributed by atoms with Crippen molar-refractivity contribution < 1.29 is 17.2 Å². The quantitative estimate of drug-likeness (QED) is 0.802. The van der Waals surface area contributed by atoms with Crippen LogP contribution in [-0.4, -0.2) is 37.0 Å². The van der Waals surface area contributed by atoms with E-state index in [1.54, 1.807) is 0 Å². The first-order valence-corrected chi connectivity index (χ1v) is 8.87. The van der Waals surface area contributed by atoms with Crippen LogP contribution in [0.5, 0.6) is 0 Å². The molecule has 0 amide bonds. The van der Waals surface area contributed by atoms with Gasteiger partial charge in [0, 0.05) is 24.9 Å². The molecule has 2 aliphatic carbocycles. The summed E-state index contributed by atoms with van der Waals surface area (Å²) in [5, 5.41) is 0. The summed E-state index contributed by atoms with van der Waals surface area (Å²) < 4.78 is 53.0. The van der Waals surface area contributed by atoms with Crippen molar-refractivity contribution in [2.45, 2.75) is 56.9 Å². The van der Waals surface area contributed by atoms with Crippen LogP contribution in [-0.2, 0) is 10.0 Å². The summed E-state index contributed by atoms with van der Waals surface area (Å²) in [6.45, 7) is 0.292. The zero-order valence-corrected chi connectivity index (χ0v) is 11.8. The maximum absolute atomic E-state index is 13.6. The molecule has 3 fully saturated rings. The fraction of sp³-hybridized carbons (Fsp3) is 1.00. The molecule has 2 bridgehead atoms. The van der Waals surface area contributed by atoms with E-state index in [4.69, 9.17) is 0 Å². The van der Waals surface area contributed by atoms with Gasteiger partial charge in [-0.25, -0.2) is 17.2 Å². The van der Waals surface area contributed by atoms with Crippen molar-refractivity contribution in [3.05, 3.63) is 0 Å². The molecule has 1 heterocycles. The van der Waals surface area contributed by atoms with Crippen LogP contribution in [0.3, 0.4) is 0 Å². The van der Waals surface area contributed by atoms with Gasteiger partial charge in [0.2, 0.25) is 10.0 Å². The van der Waals surface area contributed by atoms with E-state index >= 15 is 0 Å². The molecular formula is C13H21F2NO2S. The first kappa shape index (κ1) is 13.7. The van der Waals surface area contributed by atoms with Gasteiger partial charge in [-0.05, 0) is 44.4 Å². The van der Waals surface area contributed by atoms with Crippen molar-refractivity contribution in [1.29, 1.82) is 0 Å². The molecule has 110 valence electrons. The lowest BCUT2D eigenvalue weighted by Gasteiger charge is -2.33. The Kier molecular flexibility index (Phi) is 3.37. The Morgan fingerprint density at radius 2 is 2.00 bits per heavy atom. The standard InChI is InChI=1S/C13H21F2NO2S/c14-13(15)6-1-2-11(13)5-7-16-12-4-3-10(8-12)9-19(16,17)18/h10-12H,1-9H2/t10-,11?,12+/m0/s1. The summed E-state index contributed by atoms with van der Waals surface area (Å²) in [6, 6.07) is 0.0822.